The molecule has 0 aliphatic carbocycles. The number of benzene rings is 2. The number of carbonyl (C=O) groups excluding carboxylic acids is 2. The van der Waals surface area contributed by atoms with Crippen LogP contribution in [0, 0.1) is 0 Å². The van der Waals surface area contributed by atoms with E-state index >= 15 is 0 Å². The maximum Gasteiger partial charge on any atom is 0.311 e. The van der Waals surface area contributed by atoms with E-state index in [2.05, 4.69) is 5.10 Å². The van der Waals surface area contributed by atoms with Gasteiger partial charge in [-0.25, -0.2) is 0 Å². The third-order valence-corrected chi connectivity index (χ3v) is 3.78. The molecule has 3 aromatic rings. The molecule has 0 aliphatic rings. The van der Waals surface area contributed by atoms with Crippen molar-refractivity contribution in [2.45, 2.75) is 13.3 Å². The number of fused-ring (bicyclic) bond motifs is 1. The summed E-state index contributed by atoms with van der Waals surface area (Å²) in [6, 6.07) is 14.0. The summed E-state index contributed by atoms with van der Waals surface area (Å²) < 4.78 is 6.27. The largest absolute Gasteiger partial charge is 0.466 e. The maximum atomic E-state index is 12.7. The number of halogens is 1. The SMILES string of the molecule is CCOC(=O)Cc1nn(C(=O)c2ccccc2)c2ccc(Cl)cc12. The van der Waals surface area contributed by atoms with Gasteiger partial charge in [0.2, 0.25) is 0 Å². The van der Waals surface area contributed by atoms with Crippen molar-refractivity contribution < 1.29 is 14.3 Å². The maximum absolute atomic E-state index is 12.7. The van der Waals surface area contributed by atoms with E-state index in [1.54, 1.807) is 49.4 Å². The van der Waals surface area contributed by atoms with Crippen molar-refractivity contribution in [3.8, 4) is 0 Å². The van der Waals surface area contributed by atoms with Crippen molar-refractivity contribution in [3.05, 3.63) is 64.8 Å². The molecule has 0 atom stereocenters. The molecule has 0 unspecified atom stereocenters. The Morgan fingerprint density at radius 1 is 1.17 bits per heavy atom. The van der Waals surface area contributed by atoms with Gasteiger partial charge in [0.15, 0.2) is 0 Å². The Labute approximate surface area is 143 Å². The van der Waals surface area contributed by atoms with E-state index in [0.717, 1.165) is 0 Å². The highest BCUT2D eigenvalue weighted by atomic mass is 35.5. The van der Waals surface area contributed by atoms with E-state index in [4.69, 9.17) is 16.3 Å². The number of rotatable bonds is 4. The minimum Gasteiger partial charge on any atom is -0.466 e. The van der Waals surface area contributed by atoms with Crippen molar-refractivity contribution >= 4 is 34.4 Å². The Kier molecular flexibility index (Phi) is 4.62. The normalized spacial score (nSPS) is 10.8. The number of nitrogens with zero attached hydrogens (tertiary/aromatic N) is 2. The quantitative estimate of drug-likeness (QED) is 0.681. The zero-order valence-corrected chi connectivity index (χ0v) is 13.8. The molecular weight excluding hydrogens is 328 g/mol. The Hall–Kier alpha value is -2.66. The predicted molar refractivity (Wildman–Crippen MR) is 91.3 cm³/mol. The van der Waals surface area contributed by atoms with Crippen LogP contribution in [0.5, 0.6) is 0 Å². The van der Waals surface area contributed by atoms with Crippen molar-refractivity contribution in [1.29, 1.82) is 0 Å². The number of carbonyl (C=O) groups is 2. The molecular formula is C18H15ClN2O3. The van der Waals surface area contributed by atoms with Crippen molar-refractivity contribution in [2.75, 3.05) is 6.61 Å². The second-order valence-electron chi connectivity index (χ2n) is 5.17. The summed E-state index contributed by atoms with van der Waals surface area (Å²) in [5.74, 6) is -0.658. The highest BCUT2D eigenvalue weighted by molar-refractivity contribution is 6.31. The highest BCUT2D eigenvalue weighted by Gasteiger charge is 2.19. The molecule has 1 aromatic heterocycles. The van der Waals surface area contributed by atoms with Crippen LogP contribution in [0.1, 0.15) is 23.0 Å². The molecule has 24 heavy (non-hydrogen) atoms. The van der Waals surface area contributed by atoms with Gasteiger partial charge >= 0.3 is 5.97 Å². The first-order chi connectivity index (χ1) is 11.6. The number of hydrogen-bond donors (Lipinski definition) is 0. The topological polar surface area (TPSA) is 61.2 Å². The van der Waals surface area contributed by atoms with Gasteiger partial charge in [-0.05, 0) is 37.3 Å². The third kappa shape index (κ3) is 3.16. The van der Waals surface area contributed by atoms with Gasteiger partial charge in [0.05, 0.1) is 24.2 Å². The van der Waals surface area contributed by atoms with E-state index in [-0.39, 0.29) is 12.3 Å². The Balaban J connectivity index is 2.08. The predicted octanol–water partition coefficient (Wildman–Crippen LogP) is 3.48. The molecule has 0 fully saturated rings. The molecule has 0 amide bonds. The monoisotopic (exact) mass is 342 g/mol. The molecule has 0 saturated heterocycles. The Bertz CT molecular complexity index is 903. The van der Waals surface area contributed by atoms with Crippen LogP contribution >= 0.6 is 11.6 Å². The molecule has 5 nitrogen and oxygen atoms in total. The number of aromatic nitrogens is 2. The van der Waals surface area contributed by atoms with Crippen LogP contribution in [0.15, 0.2) is 48.5 Å². The summed E-state index contributed by atoms with van der Waals surface area (Å²) in [6.45, 7) is 2.03. The van der Waals surface area contributed by atoms with E-state index in [9.17, 15) is 9.59 Å². The second kappa shape index (κ2) is 6.84. The highest BCUT2D eigenvalue weighted by Crippen LogP contribution is 2.24. The fourth-order valence-corrected chi connectivity index (χ4v) is 2.66. The molecule has 0 saturated carbocycles. The minimum absolute atomic E-state index is 0.0141. The molecule has 2 aromatic carbocycles. The van der Waals surface area contributed by atoms with Crippen LogP contribution in [0.2, 0.25) is 5.02 Å². The second-order valence-corrected chi connectivity index (χ2v) is 5.61. The van der Waals surface area contributed by atoms with Gasteiger partial charge in [-0.2, -0.15) is 9.78 Å². The van der Waals surface area contributed by atoms with Crippen molar-refractivity contribution in [3.63, 3.8) is 0 Å². The lowest BCUT2D eigenvalue weighted by atomic mass is 10.1. The summed E-state index contributed by atoms with van der Waals surface area (Å²) in [5.41, 5.74) is 1.59. The summed E-state index contributed by atoms with van der Waals surface area (Å²) in [5, 5.41) is 5.52. The molecule has 3 rings (SSSR count). The zero-order chi connectivity index (χ0) is 17.1. The van der Waals surface area contributed by atoms with Gasteiger partial charge in [-0.1, -0.05) is 29.8 Å². The van der Waals surface area contributed by atoms with Gasteiger partial charge in [0.25, 0.3) is 5.91 Å². The number of esters is 1. The van der Waals surface area contributed by atoms with Gasteiger partial charge in [-0.15, -0.1) is 0 Å². The van der Waals surface area contributed by atoms with Crippen LogP contribution in [-0.2, 0) is 16.0 Å². The average Bonchev–Trinajstić information content (AvgIpc) is 2.93. The number of hydrogen-bond acceptors (Lipinski definition) is 4. The standard InChI is InChI=1S/C18H15ClN2O3/c1-2-24-17(22)11-15-14-10-13(19)8-9-16(14)21(20-15)18(23)12-6-4-3-5-7-12/h3-10H,2,11H2,1H3. The first kappa shape index (κ1) is 16.2. The molecule has 0 bridgehead atoms. The average molecular weight is 343 g/mol. The lowest BCUT2D eigenvalue weighted by Gasteiger charge is -2.02. The molecule has 0 spiro atoms. The summed E-state index contributed by atoms with van der Waals surface area (Å²) in [7, 11) is 0. The molecule has 0 radical (unpaired) electrons. The van der Waals surface area contributed by atoms with Gasteiger partial charge in [0, 0.05) is 16.0 Å². The number of ether oxygens (including phenoxy) is 1. The Morgan fingerprint density at radius 2 is 1.92 bits per heavy atom. The fraction of sp³-hybridized carbons (Fsp3) is 0.167. The van der Waals surface area contributed by atoms with E-state index in [0.29, 0.717) is 33.8 Å². The van der Waals surface area contributed by atoms with Gasteiger partial charge < -0.3 is 4.74 Å². The first-order valence-electron chi connectivity index (χ1n) is 7.52. The summed E-state index contributed by atoms with van der Waals surface area (Å²) >= 11 is 6.06. The van der Waals surface area contributed by atoms with Crippen LogP contribution in [-0.4, -0.2) is 28.3 Å². The zero-order valence-electron chi connectivity index (χ0n) is 13.0. The molecule has 1 heterocycles. The summed E-state index contributed by atoms with van der Waals surface area (Å²) in [4.78, 5) is 24.5. The van der Waals surface area contributed by atoms with Crippen molar-refractivity contribution in [1.82, 2.24) is 9.78 Å². The molecule has 6 heteroatoms. The van der Waals surface area contributed by atoms with E-state index < -0.39 is 5.97 Å². The smallest absolute Gasteiger partial charge is 0.311 e. The van der Waals surface area contributed by atoms with Crippen molar-refractivity contribution in [2.24, 2.45) is 0 Å². The molecule has 0 aliphatic heterocycles. The van der Waals surface area contributed by atoms with Crippen LogP contribution in [0.4, 0.5) is 0 Å². The minimum atomic E-state index is -0.392. The Morgan fingerprint density at radius 3 is 2.62 bits per heavy atom. The van der Waals surface area contributed by atoms with Crippen LogP contribution < -0.4 is 0 Å². The van der Waals surface area contributed by atoms with Gasteiger partial charge in [-0.3, -0.25) is 9.59 Å². The fourth-order valence-electron chi connectivity index (χ4n) is 2.49. The van der Waals surface area contributed by atoms with E-state index in [1.807, 2.05) is 6.07 Å². The van der Waals surface area contributed by atoms with E-state index in [1.165, 1.54) is 4.68 Å². The first-order valence-corrected chi connectivity index (χ1v) is 7.90. The lowest BCUT2D eigenvalue weighted by molar-refractivity contribution is -0.142. The molecule has 122 valence electrons. The van der Waals surface area contributed by atoms with Crippen LogP contribution in [0.25, 0.3) is 10.9 Å². The molecule has 0 N–H and O–H groups in total. The van der Waals surface area contributed by atoms with Crippen LogP contribution in [0.3, 0.4) is 0 Å². The lowest BCUT2D eigenvalue weighted by Crippen LogP contribution is -2.14. The third-order valence-electron chi connectivity index (χ3n) is 3.55. The summed E-state index contributed by atoms with van der Waals surface area (Å²) in [6.07, 6.45) is -0.0141. The van der Waals surface area contributed by atoms with Gasteiger partial charge in [0.1, 0.15) is 0 Å².